The van der Waals surface area contributed by atoms with Gasteiger partial charge in [-0.05, 0) is 36.1 Å². The van der Waals surface area contributed by atoms with Gasteiger partial charge in [-0.15, -0.1) is 24.0 Å². The van der Waals surface area contributed by atoms with Gasteiger partial charge in [0.05, 0.1) is 14.2 Å². The molecular weight excluding hydrogens is 393 g/mol. The lowest BCUT2D eigenvalue weighted by Gasteiger charge is -2.14. The van der Waals surface area contributed by atoms with Gasteiger partial charge in [-0.3, -0.25) is 4.99 Å². The van der Waals surface area contributed by atoms with Crippen molar-refractivity contribution >= 4 is 29.9 Å². The zero-order chi connectivity index (χ0) is 15.7. The van der Waals surface area contributed by atoms with Gasteiger partial charge in [0.25, 0.3) is 0 Å². The molecule has 126 valence electrons. The monoisotopic (exact) mass is 421 g/mol. The minimum Gasteiger partial charge on any atom is -0.497 e. The van der Waals surface area contributed by atoms with Crippen LogP contribution in [-0.2, 0) is 6.42 Å². The number of methoxy groups -OCH3 is 2. The van der Waals surface area contributed by atoms with Gasteiger partial charge in [0, 0.05) is 20.1 Å². The number of benzene rings is 1. The summed E-state index contributed by atoms with van der Waals surface area (Å²) in [6.07, 6.45) is 0.836. The van der Waals surface area contributed by atoms with Gasteiger partial charge in [-0.1, -0.05) is 13.8 Å². The van der Waals surface area contributed by atoms with E-state index in [4.69, 9.17) is 9.47 Å². The van der Waals surface area contributed by atoms with Gasteiger partial charge in [-0.25, -0.2) is 0 Å². The Kier molecular flexibility index (Phi) is 10.8. The lowest BCUT2D eigenvalue weighted by atomic mass is 10.1. The lowest BCUT2D eigenvalue weighted by Crippen LogP contribution is -2.39. The summed E-state index contributed by atoms with van der Waals surface area (Å²) < 4.78 is 10.6. The molecule has 0 unspecified atom stereocenters. The van der Waals surface area contributed by atoms with Crippen molar-refractivity contribution < 1.29 is 9.47 Å². The second-order valence-electron chi connectivity index (χ2n) is 5.20. The fraction of sp³-hybridized carbons (Fsp3) is 0.562. The van der Waals surface area contributed by atoms with E-state index >= 15 is 0 Å². The first kappa shape index (κ1) is 20.8. The van der Waals surface area contributed by atoms with Crippen LogP contribution in [0.5, 0.6) is 11.5 Å². The van der Waals surface area contributed by atoms with Gasteiger partial charge >= 0.3 is 0 Å². The Hall–Kier alpha value is -1.18. The standard InChI is InChI=1S/C16H27N3O2.HI/c1-12(2)11-19-16(17-3)18-9-8-13-10-14(20-4)6-7-15(13)21-5;/h6-7,10,12H,8-9,11H2,1-5H3,(H2,17,18,19);1H. The average Bonchev–Trinajstić information content (AvgIpc) is 2.50. The third-order valence-corrected chi connectivity index (χ3v) is 3.08. The van der Waals surface area contributed by atoms with E-state index in [1.807, 2.05) is 18.2 Å². The highest BCUT2D eigenvalue weighted by Gasteiger charge is 2.06. The van der Waals surface area contributed by atoms with Crippen molar-refractivity contribution in [3.05, 3.63) is 23.8 Å². The third kappa shape index (κ3) is 7.20. The highest BCUT2D eigenvalue weighted by molar-refractivity contribution is 14.0. The average molecular weight is 421 g/mol. The van der Waals surface area contributed by atoms with E-state index in [1.54, 1.807) is 21.3 Å². The number of ether oxygens (including phenoxy) is 2. The maximum absolute atomic E-state index is 5.38. The fourth-order valence-corrected chi connectivity index (χ4v) is 1.91. The molecule has 0 heterocycles. The third-order valence-electron chi connectivity index (χ3n) is 3.08. The first-order valence-electron chi connectivity index (χ1n) is 7.26. The Morgan fingerprint density at radius 1 is 1.18 bits per heavy atom. The van der Waals surface area contributed by atoms with Crippen molar-refractivity contribution in [2.45, 2.75) is 20.3 Å². The van der Waals surface area contributed by atoms with Gasteiger partial charge < -0.3 is 20.1 Å². The molecule has 22 heavy (non-hydrogen) atoms. The Morgan fingerprint density at radius 3 is 2.45 bits per heavy atom. The summed E-state index contributed by atoms with van der Waals surface area (Å²) in [5.41, 5.74) is 1.11. The molecule has 6 heteroatoms. The van der Waals surface area contributed by atoms with Crippen LogP contribution in [0.1, 0.15) is 19.4 Å². The zero-order valence-electron chi connectivity index (χ0n) is 14.1. The summed E-state index contributed by atoms with van der Waals surface area (Å²) in [4.78, 5) is 4.21. The zero-order valence-corrected chi connectivity index (χ0v) is 16.4. The first-order valence-corrected chi connectivity index (χ1v) is 7.26. The molecule has 0 saturated carbocycles. The molecule has 1 aromatic carbocycles. The van der Waals surface area contributed by atoms with Crippen molar-refractivity contribution in [3.8, 4) is 11.5 Å². The smallest absolute Gasteiger partial charge is 0.190 e. The van der Waals surface area contributed by atoms with Crippen LogP contribution < -0.4 is 20.1 Å². The topological polar surface area (TPSA) is 54.9 Å². The second kappa shape index (κ2) is 11.4. The number of hydrogen-bond acceptors (Lipinski definition) is 3. The van der Waals surface area contributed by atoms with Gasteiger partial charge in [0.1, 0.15) is 11.5 Å². The molecule has 1 rings (SSSR count). The van der Waals surface area contributed by atoms with Crippen LogP contribution in [0.3, 0.4) is 0 Å². The van der Waals surface area contributed by atoms with Gasteiger partial charge in [0.15, 0.2) is 5.96 Å². The lowest BCUT2D eigenvalue weighted by molar-refractivity contribution is 0.398. The van der Waals surface area contributed by atoms with Crippen molar-refractivity contribution in [1.29, 1.82) is 0 Å². The van der Waals surface area contributed by atoms with Crippen LogP contribution in [0.25, 0.3) is 0 Å². The fourth-order valence-electron chi connectivity index (χ4n) is 1.91. The number of nitrogens with one attached hydrogen (secondary N) is 2. The van der Waals surface area contributed by atoms with Crippen LogP contribution in [0, 0.1) is 5.92 Å². The molecule has 0 spiro atoms. The molecule has 2 N–H and O–H groups in total. The predicted molar refractivity (Wildman–Crippen MR) is 103 cm³/mol. The molecule has 0 aliphatic heterocycles. The SMILES string of the molecule is CN=C(NCCc1cc(OC)ccc1OC)NCC(C)C.I. The molecule has 0 saturated heterocycles. The molecule has 0 aliphatic carbocycles. The van der Waals surface area contributed by atoms with Crippen LogP contribution in [0.2, 0.25) is 0 Å². The van der Waals surface area contributed by atoms with E-state index in [0.29, 0.717) is 5.92 Å². The molecule has 0 radical (unpaired) electrons. The van der Waals surface area contributed by atoms with E-state index in [1.165, 1.54) is 0 Å². The van der Waals surface area contributed by atoms with Crippen LogP contribution in [-0.4, -0.2) is 40.3 Å². The number of aliphatic imine (C=N–C) groups is 1. The molecular formula is C16H28IN3O2. The number of nitrogens with zero attached hydrogens (tertiary/aromatic N) is 1. The molecule has 0 fully saturated rings. The highest BCUT2D eigenvalue weighted by atomic mass is 127. The second-order valence-corrected chi connectivity index (χ2v) is 5.20. The normalized spacial score (nSPS) is 10.9. The summed E-state index contributed by atoms with van der Waals surface area (Å²) in [6.45, 7) is 6.02. The Labute approximate surface area is 150 Å². The summed E-state index contributed by atoms with van der Waals surface area (Å²) in [7, 11) is 5.13. The van der Waals surface area contributed by atoms with Crippen LogP contribution in [0.15, 0.2) is 23.2 Å². The van der Waals surface area contributed by atoms with E-state index < -0.39 is 0 Å². The Morgan fingerprint density at radius 2 is 1.91 bits per heavy atom. The summed E-state index contributed by atoms with van der Waals surface area (Å²) >= 11 is 0. The van der Waals surface area contributed by atoms with Crippen LogP contribution in [0.4, 0.5) is 0 Å². The summed E-state index contributed by atoms with van der Waals surface area (Å²) in [5.74, 6) is 3.13. The molecule has 0 atom stereocenters. The van der Waals surface area contributed by atoms with E-state index in [-0.39, 0.29) is 24.0 Å². The number of guanidine groups is 1. The predicted octanol–water partition coefficient (Wildman–Crippen LogP) is 2.69. The highest BCUT2D eigenvalue weighted by Crippen LogP contribution is 2.23. The van der Waals surface area contributed by atoms with E-state index in [2.05, 4.69) is 29.5 Å². The molecule has 1 aromatic rings. The maximum atomic E-state index is 5.38. The Bertz CT molecular complexity index is 465. The van der Waals surface area contributed by atoms with Crippen molar-refractivity contribution in [2.75, 3.05) is 34.4 Å². The quantitative estimate of drug-likeness (QED) is 0.404. The van der Waals surface area contributed by atoms with E-state index in [0.717, 1.165) is 42.5 Å². The minimum absolute atomic E-state index is 0. The van der Waals surface area contributed by atoms with Gasteiger partial charge in [0.2, 0.25) is 0 Å². The molecule has 0 amide bonds. The number of halogens is 1. The molecule has 0 bridgehead atoms. The molecule has 5 nitrogen and oxygen atoms in total. The van der Waals surface area contributed by atoms with Crippen molar-refractivity contribution in [1.82, 2.24) is 10.6 Å². The number of hydrogen-bond donors (Lipinski definition) is 2. The molecule has 0 aliphatic rings. The Balaban J connectivity index is 0.00000441. The van der Waals surface area contributed by atoms with E-state index in [9.17, 15) is 0 Å². The van der Waals surface area contributed by atoms with Crippen molar-refractivity contribution in [2.24, 2.45) is 10.9 Å². The van der Waals surface area contributed by atoms with Crippen LogP contribution >= 0.6 is 24.0 Å². The summed E-state index contributed by atoms with van der Waals surface area (Å²) in [6, 6.07) is 5.84. The molecule has 0 aromatic heterocycles. The minimum atomic E-state index is 0. The largest absolute Gasteiger partial charge is 0.497 e. The first-order chi connectivity index (χ1) is 10.1. The summed E-state index contributed by atoms with van der Waals surface area (Å²) in [5, 5.41) is 6.59. The maximum Gasteiger partial charge on any atom is 0.190 e. The van der Waals surface area contributed by atoms with Crippen molar-refractivity contribution in [3.63, 3.8) is 0 Å². The number of rotatable bonds is 7. The van der Waals surface area contributed by atoms with Gasteiger partial charge in [-0.2, -0.15) is 0 Å².